The molecule has 0 atom stereocenters. The molecule has 2 heterocycles. The number of hydrogen-bond acceptors (Lipinski definition) is 4. The third kappa shape index (κ3) is 3.89. The number of alkyl halides is 3. The summed E-state index contributed by atoms with van der Waals surface area (Å²) in [5.41, 5.74) is 0.853. The minimum atomic E-state index is -4.43. The fourth-order valence-corrected chi connectivity index (χ4v) is 5.21. The third-order valence-electron chi connectivity index (χ3n) is 5.42. The standard InChI is InChI=1S/C20H20F3N3O3S/c21-20(22,23)15-2-1-3-16(12-15)25-8-10-26(11-9-25)30(28,29)17-5-4-14-6-7-24-19(27)18(14)13-17/h1-5,12-13H,6-11H2,(H,24,27). The van der Waals surface area contributed by atoms with Crippen LogP contribution in [0.1, 0.15) is 21.5 Å². The zero-order valence-electron chi connectivity index (χ0n) is 15.9. The average molecular weight is 439 g/mol. The van der Waals surface area contributed by atoms with Gasteiger partial charge in [0.2, 0.25) is 10.0 Å². The zero-order valence-corrected chi connectivity index (χ0v) is 16.8. The summed E-state index contributed by atoms with van der Waals surface area (Å²) in [5, 5.41) is 2.70. The number of benzene rings is 2. The van der Waals surface area contributed by atoms with Crippen molar-refractivity contribution in [3.05, 3.63) is 59.2 Å². The quantitative estimate of drug-likeness (QED) is 0.798. The Kier molecular flexibility index (Phi) is 5.23. The summed E-state index contributed by atoms with van der Waals surface area (Å²) < 4.78 is 66.2. The number of nitrogens with one attached hydrogen (secondary N) is 1. The molecule has 0 aromatic heterocycles. The van der Waals surface area contributed by atoms with Crippen LogP contribution in [-0.2, 0) is 22.6 Å². The maximum absolute atomic E-state index is 13.0. The SMILES string of the molecule is O=C1NCCc2ccc(S(=O)(=O)N3CCN(c4cccc(C(F)(F)F)c4)CC3)cc21. The van der Waals surface area contributed by atoms with E-state index >= 15 is 0 Å². The maximum atomic E-state index is 13.0. The maximum Gasteiger partial charge on any atom is 0.416 e. The van der Waals surface area contributed by atoms with Gasteiger partial charge >= 0.3 is 6.18 Å². The number of halogens is 3. The minimum absolute atomic E-state index is 0.0471. The van der Waals surface area contributed by atoms with Crippen LogP contribution >= 0.6 is 0 Å². The molecule has 6 nitrogen and oxygen atoms in total. The molecule has 4 rings (SSSR count). The van der Waals surface area contributed by atoms with Crippen molar-refractivity contribution in [1.29, 1.82) is 0 Å². The Labute approximate surface area is 172 Å². The first kappa shape index (κ1) is 20.7. The third-order valence-corrected chi connectivity index (χ3v) is 7.32. The molecule has 2 aromatic carbocycles. The molecular formula is C20H20F3N3O3S. The summed E-state index contributed by atoms with van der Waals surface area (Å²) in [6, 6.07) is 9.59. The molecule has 0 bridgehead atoms. The molecule has 1 N–H and O–H groups in total. The van der Waals surface area contributed by atoms with Gasteiger partial charge in [-0.05, 0) is 42.3 Å². The minimum Gasteiger partial charge on any atom is -0.369 e. The van der Waals surface area contributed by atoms with Crippen molar-refractivity contribution < 1.29 is 26.4 Å². The van der Waals surface area contributed by atoms with Crippen LogP contribution in [0.25, 0.3) is 0 Å². The second-order valence-corrected chi connectivity index (χ2v) is 9.20. The van der Waals surface area contributed by atoms with Gasteiger partial charge in [-0.3, -0.25) is 4.79 Å². The summed E-state index contributed by atoms with van der Waals surface area (Å²) in [4.78, 5) is 13.8. The number of hydrogen-bond donors (Lipinski definition) is 1. The van der Waals surface area contributed by atoms with Gasteiger partial charge in [0, 0.05) is 44.0 Å². The molecule has 1 saturated heterocycles. The zero-order chi connectivity index (χ0) is 21.5. The number of nitrogens with zero attached hydrogens (tertiary/aromatic N) is 2. The van der Waals surface area contributed by atoms with Gasteiger partial charge in [0.05, 0.1) is 10.5 Å². The first-order chi connectivity index (χ1) is 14.2. The van der Waals surface area contributed by atoms with E-state index in [0.29, 0.717) is 24.2 Å². The molecule has 2 aromatic rings. The summed E-state index contributed by atoms with van der Waals surface area (Å²) in [5.74, 6) is -0.289. The van der Waals surface area contributed by atoms with Crippen LogP contribution in [-0.4, -0.2) is 51.4 Å². The normalized spacial score (nSPS) is 18.1. The van der Waals surface area contributed by atoms with Crippen molar-refractivity contribution in [2.24, 2.45) is 0 Å². The first-order valence-corrected chi connectivity index (χ1v) is 10.9. The van der Waals surface area contributed by atoms with E-state index in [4.69, 9.17) is 0 Å². The van der Waals surface area contributed by atoms with Crippen LogP contribution < -0.4 is 10.2 Å². The lowest BCUT2D eigenvalue weighted by Gasteiger charge is -2.35. The molecule has 0 aliphatic carbocycles. The Bertz CT molecular complexity index is 1080. The Morgan fingerprint density at radius 1 is 0.967 bits per heavy atom. The number of fused-ring (bicyclic) bond motifs is 1. The van der Waals surface area contributed by atoms with E-state index in [-0.39, 0.29) is 37.0 Å². The Morgan fingerprint density at radius 3 is 2.40 bits per heavy atom. The first-order valence-electron chi connectivity index (χ1n) is 9.50. The van der Waals surface area contributed by atoms with Gasteiger partial charge in [0.1, 0.15) is 0 Å². The van der Waals surface area contributed by atoms with Crippen molar-refractivity contribution in [2.75, 3.05) is 37.6 Å². The Balaban J connectivity index is 1.50. The fourth-order valence-electron chi connectivity index (χ4n) is 3.77. The average Bonchev–Trinajstić information content (AvgIpc) is 2.73. The molecule has 1 fully saturated rings. The lowest BCUT2D eigenvalue weighted by molar-refractivity contribution is -0.137. The van der Waals surface area contributed by atoms with E-state index in [1.165, 1.54) is 22.5 Å². The molecule has 0 spiro atoms. The van der Waals surface area contributed by atoms with Crippen LogP contribution in [0.4, 0.5) is 18.9 Å². The van der Waals surface area contributed by atoms with Crippen LogP contribution in [0.3, 0.4) is 0 Å². The van der Waals surface area contributed by atoms with Crippen LogP contribution in [0.5, 0.6) is 0 Å². The number of carbonyl (C=O) groups is 1. The topological polar surface area (TPSA) is 69.7 Å². The molecule has 0 radical (unpaired) electrons. The van der Waals surface area contributed by atoms with Gasteiger partial charge in [-0.1, -0.05) is 12.1 Å². The van der Waals surface area contributed by atoms with Gasteiger partial charge < -0.3 is 10.2 Å². The van der Waals surface area contributed by atoms with Crippen LogP contribution in [0.2, 0.25) is 0 Å². The smallest absolute Gasteiger partial charge is 0.369 e. The molecule has 30 heavy (non-hydrogen) atoms. The fraction of sp³-hybridized carbons (Fsp3) is 0.350. The lowest BCUT2D eigenvalue weighted by Crippen LogP contribution is -2.48. The number of piperazine rings is 1. The molecular weight excluding hydrogens is 419 g/mol. The van der Waals surface area contributed by atoms with E-state index < -0.39 is 21.8 Å². The van der Waals surface area contributed by atoms with Crippen molar-refractivity contribution >= 4 is 21.6 Å². The van der Waals surface area contributed by atoms with E-state index in [9.17, 15) is 26.4 Å². The summed E-state index contributed by atoms with van der Waals surface area (Å²) in [7, 11) is -3.81. The van der Waals surface area contributed by atoms with Crippen LogP contribution in [0.15, 0.2) is 47.4 Å². The molecule has 0 saturated carbocycles. The van der Waals surface area contributed by atoms with Crippen molar-refractivity contribution in [2.45, 2.75) is 17.5 Å². The molecule has 2 aliphatic heterocycles. The summed E-state index contributed by atoms with van der Waals surface area (Å²) >= 11 is 0. The Morgan fingerprint density at radius 2 is 1.70 bits per heavy atom. The van der Waals surface area contributed by atoms with Gasteiger partial charge in [0.25, 0.3) is 5.91 Å². The second-order valence-electron chi connectivity index (χ2n) is 7.26. The number of carbonyl (C=O) groups excluding carboxylic acids is 1. The number of sulfonamides is 1. The highest BCUT2D eigenvalue weighted by Gasteiger charge is 2.33. The van der Waals surface area contributed by atoms with Crippen molar-refractivity contribution in [1.82, 2.24) is 9.62 Å². The number of rotatable bonds is 3. The summed E-state index contributed by atoms with van der Waals surface area (Å²) in [6.45, 7) is 1.34. The molecule has 2 aliphatic rings. The van der Waals surface area contributed by atoms with Gasteiger partial charge in [0.15, 0.2) is 0 Å². The van der Waals surface area contributed by atoms with Crippen LogP contribution in [0, 0.1) is 0 Å². The largest absolute Gasteiger partial charge is 0.416 e. The monoisotopic (exact) mass is 439 g/mol. The van der Waals surface area contributed by atoms with E-state index in [0.717, 1.165) is 17.7 Å². The summed E-state index contributed by atoms with van der Waals surface area (Å²) in [6.07, 6.45) is -3.78. The van der Waals surface area contributed by atoms with Gasteiger partial charge in [-0.25, -0.2) is 8.42 Å². The highest BCUT2D eigenvalue weighted by Crippen LogP contribution is 2.32. The molecule has 1 amide bonds. The predicted molar refractivity (Wildman–Crippen MR) is 105 cm³/mol. The molecule has 10 heteroatoms. The lowest BCUT2D eigenvalue weighted by atomic mass is 10.0. The predicted octanol–water partition coefficient (Wildman–Crippen LogP) is 2.50. The van der Waals surface area contributed by atoms with Crippen molar-refractivity contribution in [3.63, 3.8) is 0 Å². The van der Waals surface area contributed by atoms with Gasteiger partial charge in [-0.15, -0.1) is 0 Å². The van der Waals surface area contributed by atoms with Gasteiger partial charge in [-0.2, -0.15) is 17.5 Å². The van der Waals surface area contributed by atoms with Crippen molar-refractivity contribution in [3.8, 4) is 0 Å². The molecule has 0 unspecified atom stereocenters. The Hall–Kier alpha value is -2.59. The van der Waals surface area contributed by atoms with E-state index in [2.05, 4.69) is 5.32 Å². The second kappa shape index (κ2) is 7.59. The highest BCUT2D eigenvalue weighted by atomic mass is 32.2. The van der Waals surface area contributed by atoms with E-state index in [1.807, 2.05) is 0 Å². The molecule has 160 valence electrons. The number of anilines is 1. The number of amides is 1. The van der Waals surface area contributed by atoms with E-state index in [1.54, 1.807) is 17.0 Å². The highest BCUT2D eigenvalue weighted by molar-refractivity contribution is 7.89.